The molecular formula is C18H24N4O3. The van der Waals surface area contributed by atoms with Crippen LogP contribution in [0.2, 0.25) is 0 Å². The maximum Gasteiger partial charge on any atom is 0.319 e. The number of aromatic nitrogens is 1. The Labute approximate surface area is 146 Å². The molecule has 25 heavy (non-hydrogen) atoms. The lowest BCUT2D eigenvalue weighted by Gasteiger charge is -2.26. The Balaban J connectivity index is 1.23. The average molecular weight is 344 g/mol. The number of rotatable bonds is 6. The van der Waals surface area contributed by atoms with E-state index in [9.17, 15) is 4.79 Å². The van der Waals surface area contributed by atoms with Crippen molar-refractivity contribution >= 4 is 22.8 Å². The smallest absolute Gasteiger partial charge is 0.319 e. The van der Waals surface area contributed by atoms with Crippen molar-refractivity contribution in [3.63, 3.8) is 0 Å². The molecule has 1 saturated heterocycles. The SMILES string of the molecule is O=C(NCCCN1CCOCC1)Nc1ccc2oc(C3CC3)nc2c1. The van der Waals surface area contributed by atoms with E-state index in [-0.39, 0.29) is 6.03 Å². The molecule has 1 aromatic carbocycles. The molecule has 0 radical (unpaired) electrons. The summed E-state index contributed by atoms with van der Waals surface area (Å²) in [6.45, 7) is 5.21. The van der Waals surface area contributed by atoms with Gasteiger partial charge in [-0.2, -0.15) is 0 Å². The van der Waals surface area contributed by atoms with Gasteiger partial charge in [0.15, 0.2) is 11.5 Å². The highest BCUT2D eigenvalue weighted by Gasteiger charge is 2.28. The molecule has 0 unspecified atom stereocenters. The Morgan fingerprint density at radius 3 is 2.92 bits per heavy atom. The van der Waals surface area contributed by atoms with E-state index in [0.717, 1.165) is 74.8 Å². The predicted molar refractivity (Wildman–Crippen MR) is 94.9 cm³/mol. The maximum atomic E-state index is 12.0. The van der Waals surface area contributed by atoms with Gasteiger partial charge in [0.25, 0.3) is 0 Å². The monoisotopic (exact) mass is 344 g/mol. The van der Waals surface area contributed by atoms with Crippen LogP contribution in [0.4, 0.5) is 10.5 Å². The number of nitrogens with one attached hydrogen (secondary N) is 2. The fraction of sp³-hybridized carbons (Fsp3) is 0.556. The third-order valence-corrected chi connectivity index (χ3v) is 4.63. The highest BCUT2D eigenvalue weighted by molar-refractivity contribution is 5.91. The molecule has 1 saturated carbocycles. The number of fused-ring (bicyclic) bond motifs is 1. The van der Waals surface area contributed by atoms with Gasteiger partial charge in [0.2, 0.25) is 0 Å². The Bertz CT molecular complexity index is 735. The van der Waals surface area contributed by atoms with Crippen LogP contribution < -0.4 is 10.6 Å². The molecule has 1 aliphatic heterocycles. The van der Waals surface area contributed by atoms with Crippen LogP contribution >= 0.6 is 0 Å². The summed E-state index contributed by atoms with van der Waals surface area (Å²) in [5.74, 6) is 1.30. The van der Waals surface area contributed by atoms with Gasteiger partial charge >= 0.3 is 6.03 Å². The van der Waals surface area contributed by atoms with Crippen LogP contribution in [-0.2, 0) is 4.74 Å². The molecule has 2 fully saturated rings. The molecule has 2 heterocycles. The number of benzene rings is 1. The van der Waals surface area contributed by atoms with Gasteiger partial charge in [-0.25, -0.2) is 9.78 Å². The van der Waals surface area contributed by atoms with Crippen molar-refractivity contribution in [2.24, 2.45) is 0 Å². The zero-order valence-corrected chi connectivity index (χ0v) is 14.3. The van der Waals surface area contributed by atoms with E-state index in [1.807, 2.05) is 18.2 Å². The number of amides is 2. The number of hydrogen-bond acceptors (Lipinski definition) is 5. The van der Waals surface area contributed by atoms with E-state index >= 15 is 0 Å². The second kappa shape index (κ2) is 7.41. The Kier molecular flexibility index (Phi) is 4.85. The Hall–Kier alpha value is -2.12. The van der Waals surface area contributed by atoms with Crippen LogP contribution in [0, 0.1) is 0 Å². The van der Waals surface area contributed by atoms with Crippen LogP contribution in [0.25, 0.3) is 11.1 Å². The van der Waals surface area contributed by atoms with E-state index < -0.39 is 0 Å². The van der Waals surface area contributed by atoms with Gasteiger partial charge in [0.05, 0.1) is 13.2 Å². The molecule has 7 heteroatoms. The molecule has 2 N–H and O–H groups in total. The van der Waals surface area contributed by atoms with E-state index in [4.69, 9.17) is 9.15 Å². The Morgan fingerprint density at radius 1 is 1.28 bits per heavy atom. The van der Waals surface area contributed by atoms with Crippen LogP contribution in [0.3, 0.4) is 0 Å². The van der Waals surface area contributed by atoms with Gasteiger partial charge < -0.3 is 19.8 Å². The molecular weight excluding hydrogens is 320 g/mol. The van der Waals surface area contributed by atoms with Crippen molar-refractivity contribution < 1.29 is 13.9 Å². The summed E-state index contributed by atoms with van der Waals surface area (Å²) >= 11 is 0. The molecule has 0 bridgehead atoms. The first-order valence-corrected chi connectivity index (χ1v) is 9.03. The van der Waals surface area contributed by atoms with E-state index in [0.29, 0.717) is 12.5 Å². The van der Waals surface area contributed by atoms with Crippen molar-refractivity contribution in [3.05, 3.63) is 24.1 Å². The van der Waals surface area contributed by atoms with Gasteiger partial charge in [-0.15, -0.1) is 0 Å². The molecule has 0 atom stereocenters. The predicted octanol–water partition coefficient (Wildman–Crippen LogP) is 2.55. The van der Waals surface area contributed by atoms with Crippen molar-refractivity contribution in [3.8, 4) is 0 Å². The van der Waals surface area contributed by atoms with Crippen LogP contribution in [0.15, 0.2) is 22.6 Å². The van der Waals surface area contributed by atoms with Gasteiger partial charge in [0.1, 0.15) is 5.52 Å². The lowest BCUT2D eigenvalue weighted by atomic mass is 10.3. The summed E-state index contributed by atoms with van der Waals surface area (Å²) in [4.78, 5) is 18.9. The Morgan fingerprint density at radius 2 is 2.12 bits per heavy atom. The van der Waals surface area contributed by atoms with Crippen molar-refractivity contribution in [1.29, 1.82) is 0 Å². The number of oxazole rings is 1. The molecule has 1 aromatic heterocycles. The number of morpholine rings is 1. The van der Waals surface area contributed by atoms with Crippen molar-refractivity contribution in [2.45, 2.75) is 25.2 Å². The molecule has 134 valence electrons. The van der Waals surface area contributed by atoms with Crippen LogP contribution in [0.5, 0.6) is 0 Å². The van der Waals surface area contributed by atoms with Gasteiger partial charge in [0, 0.05) is 31.2 Å². The van der Waals surface area contributed by atoms with Crippen LogP contribution in [-0.4, -0.2) is 55.3 Å². The summed E-state index contributed by atoms with van der Waals surface area (Å²) in [5, 5.41) is 5.76. The summed E-state index contributed by atoms with van der Waals surface area (Å²) in [6.07, 6.45) is 3.25. The minimum atomic E-state index is -0.188. The zero-order valence-electron chi connectivity index (χ0n) is 14.3. The lowest BCUT2D eigenvalue weighted by Crippen LogP contribution is -2.38. The number of nitrogens with zero attached hydrogens (tertiary/aromatic N) is 2. The number of hydrogen-bond donors (Lipinski definition) is 2. The minimum Gasteiger partial charge on any atom is -0.440 e. The number of carbonyl (C=O) groups is 1. The van der Waals surface area contributed by atoms with E-state index in [1.165, 1.54) is 0 Å². The summed E-state index contributed by atoms with van der Waals surface area (Å²) in [6, 6.07) is 5.38. The highest BCUT2D eigenvalue weighted by atomic mass is 16.5. The molecule has 2 amide bonds. The minimum absolute atomic E-state index is 0.188. The van der Waals surface area contributed by atoms with E-state index in [1.54, 1.807) is 0 Å². The normalized spacial score (nSPS) is 18.4. The maximum absolute atomic E-state index is 12.0. The number of carbonyl (C=O) groups excluding carboxylic acids is 1. The first-order chi connectivity index (χ1) is 12.3. The average Bonchev–Trinajstić information content (AvgIpc) is 3.39. The molecule has 1 aliphatic carbocycles. The number of anilines is 1. The third kappa shape index (κ3) is 4.29. The summed E-state index contributed by atoms with van der Waals surface area (Å²) in [7, 11) is 0. The first kappa shape index (κ1) is 16.4. The standard InChI is InChI=1S/C18H24N4O3/c23-18(19-6-1-7-22-8-10-24-11-9-22)20-14-4-5-16-15(12-14)21-17(25-16)13-2-3-13/h4-5,12-13H,1-3,6-11H2,(H2,19,20,23). The van der Waals surface area contributed by atoms with Gasteiger partial charge in [-0.3, -0.25) is 4.90 Å². The molecule has 0 spiro atoms. The van der Waals surface area contributed by atoms with E-state index in [2.05, 4.69) is 20.5 Å². The largest absolute Gasteiger partial charge is 0.440 e. The third-order valence-electron chi connectivity index (χ3n) is 4.63. The highest BCUT2D eigenvalue weighted by Crippen LogP contribution is 2.40. The molecule has 7 nitrogen and oxygen atoms in total. The summed E-state index contributed by atoms with van der Waals surface area (Å²) < 4.78 is 11.1. The second-order valence-electron chi connectivity index (χ2n) is 6.70. The van der Waals surface area contributed by atoms with Crippen molar-refractivity contribution in [1.82, 2.24) is 15.2 Å². The van der Waals surface area contributed by atoms with Crippen LogP contribution in [0.1, 0.15) is 31.1 Å². The first-order valence-electron chi connectivity index (χ1n) is 9.03. The fourth-order valence-electron chi connectivity index (χ4n) is 3.03. The zero-order chi connectivity index (χ0) is 17.1. The quantitative estimate of drug-likeness (QED) is 0.787. The van der Waals surface area contributed by atoms with Gasteiger partial charge in [-0.1, -0.05) is 0 Å². The summed E-state index contributed by atoms with van der Waals surface area (Å²) in [5.41, 5.74) is 2.30. The molecule has 2 aromatic rings. The lowest BCUT2D eigenvalue weighted by molar-refractivity contribution is 0.0375. The van der Waals surface area contributed by atoms with Gasteiger partial charge in [-0.05, 0) is 44.0 Å². The number of urea groups is 1. The fourth-order valence-corrected chi connectivity index (χ4v) is 3.03. The number of ether oxygens (including phenoxy) is 1. The second-order valence-corrected chi connectivity index (χ2v) is 6.70. The topological polar surface area (TPSA) is 79.6 Å². The molecule has 4 rings (SSSR count). The van der Waals surface area contributed by atoms with Crippen molar-refractivity contribution in [2.75, 3.05) is 44.7 Å². The molecule has 2 aliphatic rings.